The number of nitrogens with one attached hydrogen (secondary N) is 2. The molecule has 4 nitrogen and oxygen atoms in total. The zero-order valence-corrected chi connectivity index (χ0v) is 12.6. The van der Waals surface area contributed by atoms with E-state index in [2.05, 4.69) is 15.6 Å². The highest BCUT2D eigenvalue weighted by molar-refractivity contribution is 5.79. The largest absolute Gasteiger partial charge is 0.385 e. The van der Waals surface area contributed by atoms with Crippen molar-refractivity contribution >= 4 is 5.96 Å². The van der Waals surface area contributed by atoms with E-state index in [1.165, 1.54) is 6.07 Å². The van der Waals surface area contributed by atoms with Gasteiger partial charge in [0.25, 0.3) is 0 Å². The van der Waals surface area contributed by atoms with Gasteiger partial charge in [-0.2, -0.15) is 0 Å². The molecular formula is C15H23F2N3O. The Morgan fingerprint density at radius 2 is 2.10 bits per heavy atom. The molecule has 1 aromatic carbocycles. The van der Waals surface area contributed by atoms with Gasteiger partial charge in [-0.3, -0.25) is 4.99 Å². The van der Waals surface area contributed by atoms with Gasteiger partial charge in [0, 0.05) is 33.4 Å². The molecule has 0 radical (unpaired) electrons. The Balaban J connectivity index is 2.43. The van der Waals surface area contributed by atoms with Crippen LogP contribution in [0.1, 0.15) is 18.9 Å². The van der Waals surface area contributed by atoms with Gasteiger partial charge >= 0.3 is 0 Å². The van der Waals surface area contributed by atoms with Gasteiger partial charge in [-0.25, -0.2) is 8.78 Å². The number of rotatable bonds is 8. The van der Waals surface area contributed by atoms with Gasteiger partial charge in [0.1, 0.15) is 11.6 Å². The Kier molecular flexibility index (Phi) is 8.35. The number of ether oxygens (including phenoxy) is 1. The number of methoxy groups -OCH3 is 1. The second-order valence-corrected chi connectivity index (χ2v) is 4.52. The maximum atomic E-state index is 13.5. The molecule has 0 bridgehead atoms. The summed E-state index contributed by atoms with van der Waals surface area (Å²) in [5.74, 6) is -0.141. The van der Waals surface area contributed by atoms with E-state index in [1.807, 2.05) is 6.92 Å². The fraction of sp³-hybridized carbons (Fsp3) is 0.533. The number of hydrogen-bond acceptors (Lipinski definition) is 2. The van der Waals surface area contributed by atoms with E-state index in [0.717, 1.165) is 25.1 Å². The summed E-state index contributed by atoms with van der Waals surface area (Å²) in [6.07, 6.45) is 1.23. The predicted octanol–water partition coefficient (Wildman–Crippen LogP) is 2.10. The van der Waals surface area contributed by atoms with Gasteiger partial charge in [-0.15, -0.1) is 0 Å². The minimum Gasteiger partial charge on any atom is -0.385 e. The second-order valence-electron chi connectivity index (χ2n) is 4.52. The second kappa shape index (κ2) is 10.1. The van der Waals surface area contributed by atoms with E-state index < -0.39 is 5.82 Å². The van der Waals surface area contributed by atoms with E-state index >= 15 is 0 Å². The average molecular weight is 299 g/mol. The summed E-state index contributed by atoms with van der Waals surface area (Å²) in [5.41, 5.74) is 0.359. The molecule has 118 valence electrons. The monoisotopic (exact) mass is 299 g/mol. The quantitative estimate of drug-likeness (QED) is 0.439. The van der Waals surface area contributed by atoms with Crippen LogP contribution in [0.2, 0.25) is 0 Å². The smallest absolute Gasteiger partial charge is 0.191 e. The fourth-order valence-electron chi connectivity index (χ4n) is 1.79. The van der Waals surface area contributed by atoms with Gasteiger partial charge in [-0.05, 0) is 43.5 Å². The molecule has 0 heterocycles. The highest BCUT2D eigenvalue weighted by Crippen LogP contribution is 2.09. The van der Waals surface area contributed by atoms with Crippen molar-refractivity contribution in [2.45, 2.75) is 19.8 Å². The van der Waals surface area contributed by atoms with E-state index in [4.69, 9.17) is 4.74 Å². The van der Waals surface area contributed by atoms with E-state index in [9.17, 15) is 8.78 Å². The van der Waals surface area contributed by atoms with Crippen molar-refractivity contribution in [2.24, 2.45) is 4.99 Å². The van der Waals surface area contributed by atoms with Crippen LogP contribution in [-0.4, -0.2) is 39.3 Å². The van der Waals surface area contributed by atoms with Gasteiger partial charge in [0.05, 0.1) is 0 Å². The molecule has 6 heteroatoms. The zero-order valence-electron chi connectivity index (χ0n) is 12.6. The molecule has 0 unspecified atom stereocenters. The molecule has 0 aliphatic carbocycles. The number of aliphatic imine (C=N–C) groups is 1. The number of halogens is 2. The van der Waals surface area contributed by atoms with E-state index in [1.54, 1.807) is 7.11 Å². The van der Waals surface area contributed by atoms with Crippen molar-refractivity contribution in [3.05, 3.63) is 35.4 Å². The Labute approximate surface area is 124 Å². The summed E-state index contributed by atoms with van der Waals surface area (Å²) in [6, 6.07) is 3.49. The lowest BCUT2D eigenvalue weighted by molar-refractivity contribution is 0.197. The topological polar surface area (TPSA) is 45.7 Å². The number of benzene rings is 1. The molecule has 0 aromatic heterocycles. The van der Waals surface area contributed by atoms with Crippen LogP contribution in [0.5, 0.6) is 0 Å². The van der Waals surface area contributed by atoms with Crippen LogP contribution >= 0.6 is 0 Å². The third-order valence-corrected chi connectivity index (χ3v) is 2.82. The lowest BCUT2D eigenvalue weighted by atomic mass is 10.1. The third-order valence-electron chi connectivity index (χ3n) is 2.82. The summed E-state index contributed by atoms with van der Waals surface area (Å²) in [7, 11) is 1.65. The van der Waals surface area contributed by atoms with Crippen molar-refractivity contribution in [3.8, 4) is 0 Å². The first kappa shape index (κ1) is 17.4. The highest BCUT2D eigenvalue weighted by atomic mass is 19.1. The number of nitrogens with zero attached hydrogens (tertiary/aromatic N) is 1. The van der Waals surface area contributed by atoms with Crippen LogP contribution in [0, 0.1) is 11.6 Å². The molecule has 1 aromatic rings. The SMILES string of the molecule is CCNC(=NCCCOC)NCCc1cc(F)ccc1F. The van der Waals surface area contributed by atoms with Crippen LogP contribution in [0.3, 0.4) is 0 Å². The lowest BCUT2D eigenvalue weighted by Gasteiger charge is -2.11. The van der Waals surface area contributed by atoms with E-state index in [0.29, 0.717) is 37.6 Å². The number of hydrogen-bond donors (Lipinski definition) is 2. The summed E-state index contributed by atoms with van der Waals surface area (Å²) in [5, 5.41) is 6.20. The van der Waals surface area contributed by atoms with Crippen molar-refractivity contribution in [1.82, 2.24) is 10.6 Å². The summed E-state index contributed by atoms with van der Waals surface area (Å²) in [4.78, 5) is 4.37. The Morgan fingerprint density at radius 1 is 1.29 bits per heavy atom. The highest BCUT2D eigenvalue weighted by Gasteiger charge is 2.04. The van der Waals surface area contributed by atoms with Crippen molar-refractivity contribution in [2.75, 3.05) is 33.4 Å². The van der Waals surface area contributed by atoms with Crippen LogP contribution in [0.4, 0.5) is 8.78 Å². The number of guanidine groups is 1. The third kappa shape index (κ3) is 7.04. The van der Waals surface area contributed by atoms with Crippen molar-refractivity contribution in [3.63, 3.8) is 0 Å². The molecule has 21 heavy (non-hydrogen) atoms. The standard InChI is InChI=1S/C15H23F2N3O/c1-3-18-15(19-8-4-10-21-2)20-9-7-12-11-13(16)5-6-14(12)17/h5-6,11H,3-4,7-10H2,1-2H3,(H2,18,19,20). The van der Waals surface area contributed by atoms with Gasteiger partial charge in [-0.1, -0.05) is 0 Å². The first-order valence-corrected chi connectivity index (χ1v) is 7.12. The molecule has 0 saturated heterocycles. The molecular weight excluding hydrogens is 276 g/mol. The minimum atomic E-state index is -0.425. The molecule has 0 fully saturated rings. The summed E-state index contributed by atoms with van der Waals surface area (Å²) in [6.45, 7) is 4.51. The van der Waals surface area contributed by atoms with Crippen molar-refractivity contribution in [1.29, 1.82) is 0 Å². The Bertz CT molecular complexity index is 453. The predicted molar refractivity (Wildman–Crippen MR) is 80.5 cm³/mol. The van der Waals surface area contributed by atoms with Gasteiger partial charge in [0.2, 0.25) is 0 Å². The summed E-state index contributed by atoms with van der Waals surface area (Å²) < 4.78 is 31.5. The molecule has 2 N–H and O–H groups in total. The molecule has 0 amide bonds. The first-order valence-electron chi connectivity index (χ1n) is 7.12. The molecule has 0 saturated carbocycles. The zero-order chi connectivity index (χ0) is 15.5. The molecule has 0 atom stereocenters. The lowest BCUT2D eigenvalue weighted by Crippen LogP contribution is -2.38. The molecule has 0 aliphatic heterocycles. The normalized spacial score (nSPS) is 11.5. The van der Waals surface area contributed by atoms with E-state index in [-0.39, 0.29) is 5.82 Å². The van der Waals surface area contributed by atoms with Crippen LogP contribution in [-0.2, 0) is 11.2 Å². The average Bonchev–Trinajstić information content (AvgIpc) is 2.47. The van der Waals surface area contributed by atoms with Gasteiger partial charge in [0.15, 0.2) is 5.96 Å². The van der Waals surface area contributed by atoms with Crippen LogP contribution in [0.25, 0.3) is 0 Å². The fourth-order valence-corrected chi connectivity index (χ4v) is 1.79. The summed E-state index contributed by atoms with van der Waals surface area (Å²) >= 11 is 0. The molecule has 1 rings (SSSR count). The Morgan fingerprint density at radius 3 is 2.81 bits per heavy atom. The molecule has 0 spiro atoms. The van der Waals surface area contributed by atoms with Crippen molar-refractivity contribution < 1.29 is 13.5 Å². The Hall–Kier alpha value is -1.69. The van der Waals surface area contributed by atoms with Gasteiger partial charge < -0.3 is 15.4 Å². The van der Waals surface area contributed by atoms with Crippen LogP contribution in [0.15, 0.2) is 23.2 Å². The maximum Gasteiger partial charge on any atom is 0.191 e. The minimum absolute atomic E-state index is 0.359. The van der Waals surface area contributed by atoms with Crippen LogP contribution < -0.4 is 10.6 Å². The molecule has 0 aliphatic rings. The first-order chi connectivity index (χ1) is 10.2. The maximum absolute atomic E-state index is 13.5.